The Labute approximate surface area is 121 Å². The van der Waals surface area contributed by atoms with Gasteiger partial charge < -0.3 is 15.0 Å². The standard InChI is InChI=1S/C15H26N2O3/c1-10(2)8-13-15(19)17(7-6-14(18)16-13)11-4-5-12(9-11)20-3/h10-13H,4-9H2,1-3H3,(H,16,18). The van der Waals surface area contributed by atoms with Crippen LogP contribution in [0, 0.1) is 5.92 Å². The zero-order chi connectivity index (χ0) is 14.7. The summed E-state index contributed by atoms with van der Waals surface area (Å²) >= 11 is 0. The normalized spacial score (nSPS) is 31.6. The van der Waals surface area contributed by atoms with E-state index in [9.17, 15) is 9.59 Å². The maximum atomic E-state index is 12.7. The van der Waals surface area contributed by atoms with Crippen molar-refractivity contribution in [2.24, 2.45) is 5.92 Å². The van der Waals surface area contributed by atoms with Crippen molar-refractivity contribution >= 4 is 11.8 Å². The van der Waals surface area contributed by atoms with Gasteiger partial charge in [0.1, 0.15) is 6.04 Å². The third kappa shape index (κ3) is 3.51. The lowest BCUT2D eigenvalue weighted by Crippen LogP contribution is -2.48. The molecule has 1 aliphatic carbocycles. The van der Waals surface area contributed by atoms with Crippen LogP contribution in [0.1, 0.15) is 46.0 Å². The van der Waals surface area contributed by atoms with Gasteiger partial charge in [-0.2, -0.15) is 0 Å². The molecule has 2 rings (SSSR count). The topological polar surface area (TPSA) is 58.6 Å². The molecular formula is C15H26N2O3. The number of nitrogens with one attached hydrogen (secondary N) is 1. The van der Waals surface area contributed by atoms with E-state index >= 15 is 0 Å². The fourth-order valence-corrected chi connectivity index (χ4v) is 3.27. The van der Waals surface area contributed by atoms with Gasteiger partial charge in [-0.05, 0) is 31.6 Å². The molecular weight excluding hydrogens is 256 g/mol. The van der Waals surface area contributed by atoms with Gasteiger partial charge in [0.25, 0.3) is 0 Å². The van der Waals surface area contributed by atoms with Crippen molar-refractivity contribution in [1.29, 1.82) is 0 Å². The van der Waals surface area contributed by atoms with Crippen LogP contribution in [-0.2, 0) is 14.3 Å². The summed E-state index contributed by atoms with van der Waals surface area (Å²) in [6.07, 6.45) is 4.25. The first-order chi connectivity index (χ1) is 9.51. The minimum Gasteiger partial charge on any atom is -0.381 e. The van der Waals surface area contributed by atoms with Gasteiger partial charge in [0.15, 0.2) is 0 Å². The molecule has 2 fully saturated rings. The van der Waals surface area contributed by atoms with Crippen molar-refractivity contribution in [3.8, 4) is 0 Å². The minimum absolute atomic E-state index is 0.00668. The van der Waals surface area contributed by atoms with Crippen LogP contribution in [-0.4, -0.2) is 48.6 Å². The SMILES string of the molecule is COC1CCC(N2CCC(=O)NC(CC(C)C)C2=O)C1. The highest BCUT2D eigenvalue weighted by atomic mass is 16.5. The molecule has 114 valence electrons. The predicted molar refractivity (Wildman–Crippen MR) is 76.2 cm³/mol. The van der Waals surface area contributed by atoms with Crippen LogP contribution in [0.2, 0.25) is 0 Å². The van der Waals surface area contributed by atoms with Crippen molar-refractivity contribution in [3.63, 3.8) is 0 Å². The fraction of sp³-hybridized carbons (Fsp3) is 0.867. The van der Waals surface area contributed by atoms with Gasteiger partial charge in [0.2, 0.25) is 11.8 Å². The lowest BCUT2D eigenvalue weighted by atomic mass is 10.0. The number of rotatable bonds is 4. The summed E-state index contributed by atoms with van der Waals surface area (Å²) in [7, 11) is 1.73. The molecule has 3 atom stereocenters. The Morgan fingerprint density at radius 2 is 2.10 bits per heavy atom. The van der Waals surface area contributed by atoms with Crippen molar-refractivity contribution < 1.29 is 14.3 Å². The maximum absolute atomic E-state index is 12.7. The average Bonchev–Trinajstić information content (AvgIpc) is 2.81. The second-order valence-electron chi connectivity index (χ2n) is 6.36. The molecule has 1 heterocycles. The van der Waals surface area contributed by atoms with Crippen LogP contribution in [0.5, 0.6) is 0 Å². The Hall–Kier alpha value is -1.10. The lowest BCUT2D eigenvalue weighted by molar-refractivity contribution is -0.136. The molecule has 1 aliphatic heterocycles. The van der Waals surface area contributed by atoms with E-state index in [-0.39, 0.29) is 30.0 Å². The van der Waals surface area contributed by atoms with Gasteiger partial charge in [0.05, 0.1) is 6.10 Å². The first-order valence-electron chi connectivity index (χ1n) is 7.64. The largest absolute Gasteiger partial charge is 0.381 e. The van der Waals surface area contributed by atoms with Crippen molar-refractivity contribution in [2.75, 3.05) is 13.7 Å². The van der Waals surface area contributed by atoms with E-state index in [1.54, 1.807) is 7.11 Å². The predicted octanol–water partition coefficient (Wildman–Crippen LogP) is 1.32. The number of hydrogen-bond acceptors (Lipinski definition) is 3. The van der Waals surface area contributed by atoms with E-state index in [2.05, 4.69) is 19.2 Å². The summed E-state index contributed by atoms with van der Waals surface area (Å²) in [5.74, 6) is 0.471. The molecule has 0 bridgehead atoms. The van der Waals surface area contributed by atoms with Crippen LogP contribution >= 0.6 is 0 Å². The van der Waals surface area contributed by atoms with E-state index in [0.29, 0.717) is 25.3 Å². The second kappa shape index (κ2) is 6.57. The maximum Gasteiger partial charge on any atom is 0.245 e. The van der Waals surface area contributed by atoms with E-state index in [1.807, 2.05) is 4.90 Å². The Morgan fingerprint density at radius 1 is 1.35 bits per heavy atom. The highest BCUT2D eigenvalue weighted by molar-refractivity contribution is 5.90. The van der Waals surface area contributed by atoms with Crippen molar-refractivity contribution in [3.05, 3.63) is 0 Å². The van der Waals surface area contributed by atoms with Crippen LogP contribution in [0.3, 0.4) is 0 Å². The monoisotopic (exact) mass is 282 g/mol. The summed E-state index contributed by atoms with van der Waals surface area (Å²) in [4.78, 5) is 26.4. The Bertz CT molecular complexity index is 370. The molecule has 0 aromatic rings. The van der Waals surface area contributed by atoms with E-state index in [0.717, 1.165) is 19.3 Å². The van der Waals surface area contributed by atoms with Gasteiger partial charge >= 0.3 is 0 Å². The zero-order valence-corrected chi connectivity index (χ0v) is 12.7. The quantitative estimate of drug-likeness (QED) is 0.846. The molecule has 0 radical (unpaired) electrons. The molecule has 2 amide bonds. The molecule has 20 heavy (non-hydrogen) atoms. The number of hydrogen-bond donors (Lipinski definition) is 1. The molecule has 0 aromatic carbocycles. The minimum atomic E-state index is -0.355. The van der Waals surface area contributed by atoms with Gasteiger partial charge in [-0.15, -0.1) is 0 Å². The average molecular weight is 282 g/mol. The van der Waals surface area contributed by atoms with Crippen LogP contribution in [0.15, 0.2) is 0 Å². The number of carbonyl (C=O) groups excluding carboxylic acids is 2. The Kier molecular flexibility index (Phi) is 5.02. The van der Waals surface area contributed by atoms with Gasteiger partial charge in [-0.1, -0.05) is 13.8 Å². The van der Waals surface area contributed by atoms with Crippen molar-refractivity contribution in [2.45, 2.75) is 64.1 Å². The Morgan fingerprint density at radius 3 is 2.70 bits per heavy atom. The smallest absolute Gasteiger partial charge is 0.245 e. The van der Waals surface area contributed by atoms with Gasteiger partial charge in [-0.25, -0.2) is 0 Å². The molecule has 1 saturated carbocycles. The Balaban J connectivity index is 2.07. The summed E-state index contributed by atoms with van der Waals surface area (Å²) in [5, 5.41) is 2.88. The van der Waals surface area contributed by atoms with Crippen LogP contribution in [0.4, 0.5) is 0 Å². The molecule has 0 spiro atoms. The number of carbonyl (C=O) groups is 2. The zero-order valence-electron chi connectivity index (χ0n) is 12.7. The fourth-order valence-electron chi connectivity index (χ4n) is 3.27. The number of methoxy groups -OCH3 is 1. The summed E-state index contributed by atoms with van der Waals surface area (Å²) in [5.41, 5.74) is 0. The summed E-state index contributed by atoms with van der Waals surface area (Å²) < 4.78 is 5.39. The molecule has 1 saturated heterocycles. The first kappa shape index (κ1) is 15.3. The number of ether oxygens (including phenoxy) is 1. The molecule has 2 aliphatic rings. The first-order valence-corrected chi connectivity index (χ1v) is 7.64. The molecule has 0 aromatic heterocycles. The highest BCUT2D eigenvalue weighted by Gasteiger charge is 2.37. The molecule has 3 unspecified atom stereocenters. The molecule has 5 nitrogen and oxygen atoms in total. The summed E-state index contributed by atoms with van der Waals surface area (Å²) in [6.45, 7) is 4.69. The molecule has 1 N–H and O–H groups in total. The number of amides is 2. The second-order valence-corrected chi connectivity index (χ2v) is 6.36. The highest BCUT2D eigenvalue weighted by Crippen LogP contribution is 2.28. The van der Waals surface area contributed by atoms with Crippen LogP contribution < -0.4 is 5.32 Å². The van der Waals surface area contributed by atoms with E-state index < -0.39 is 0 Å². The van der Waals surface area contributed by atoms with Gasteiger partial charge in [0, 0.05) is 26.1 Å². The molecule has 5 heteroatoms. The van der Waals surface area contributed by atoms with E-state index in [4.69, 9.17) is 4.74 Å². The third-order valence-electron chi connectivity index (χ3n) is 4.33. The van der Waals surface area contributed by atoms with E-state index in [1.165, 1.54) is 0 Å². The van der Waals surface area contributed by atoms with Gasteiger partial charge in [-0.3, -0.25) is 9.59 Å². The third-order valence-corrected chi connectivity index (χ3v) is 4.33. The number of nitrogens with zero attached hydrogens (tertiary/aromatic N) is 1. The lowest BCUT2D eigenvalue weighted by Gasteiger charge is -2.30. The van der Waals surface area contributed by atoms with Crippen LogP contribution in [0.25, 0.3) is 0 Å². The van der Waals surface area contributed by atoms with Crippen molar-refractivity contribution in [1.82, 2.24) is 10.2 Å². The summed E-state index contributed by atoms with van der Waals surface area (Å²) in [6, 6.07) is -0.124.